The molecule has 2 rings (SSSR count). The quantitative estimate of drug-likeness (QED) is 0.772. The Morgan fingerprint density at radius 3 is 2.75 bits per heavy atom. The number of rotatable bonds is 2. The van der Waals surface area contributed by atoms with Crippen molar-refractivity contribution >= 4 is 9.84 Å². The maximum Gasteiger partial charge on any atom is 0.153 e. The van der Waals surface area contributed by atoms with E-state index in [2.05, 4.69) is 0 Å². The molecule has 1 aliphatic rings. The molecule has 0 amide bonds. The van der Waals surface area contributed by atoms with Crippen molar-refractivity contribution in [1.82, 2.24) is 0 Å². The van der Waals surface area contributed by atoms with E-state index < -0.39 is 15.4 Å². The molecule has 0 spiro atoms. The molecule has 5 heteroatoms. The Morgan fingerprint density at radius 1 is 1.44 bits per heavy atom. The fourth-order valence-corrected chi connectivity index (χ4v) is 3.88. The molecule has 88 valence electrons. The molecule has 1 fully saturated rings. The van der Waals surface area contributed by atoms with E-state index >= 15 is 0 Å². The summed E-state index contributed by atoms with van der Waals surface area (Å²) in [6.07, 6.45) is 0.267. The van der Waals surface area contributed by atoms with Crippen LogP contribution in [0.15, 0.2) is 24.3 Å². The van der Waals surface area contributed by atoms with E-state index in [0.29, 0.717) is 12.1 Å². The number of sulfone groups is 1. The minimum atomic E-state index is -3.10. The van der Waals surface area contributed by atoms with Gasteiger partial charge in [0.15, 0.2) is 9.84 Å². The molecule has 1 atom stereocenters. The highest BCUT2D eigenvalue weighted by atomic mass is 32.2. The molecule has 0 aromatic heterocycles. The Balaban J connectivity index is 2.37. The third-order valence-corrected chi connectivity index (χ3v) is 4.73. The smallest absolute Gasteiger partial charge is 0.153 e. The van der Waals surface area contributed by atoms with Crippen molar-refractivity contribution in [2.75, 3.05) is 11.5 Å². The number of nitrogens with two attached hydrogens (primary N) is 1. The van der Waals surface area contributed by atoms with Crippen LogP contribution in [0.2, 0.25) is 0 Å². The molecule has 0 saturated carbocycles. The van der Waals surface area contributed by atoms with Crippen molar-refractivity contribution in [3.8, 4) is 0 Å². The van der Waals surface area contributed by atoms with Gasteiger partial charge in [0.25, 0.3) is 0 Å². The lowest BCUT2D eigenvalue weighted by molar-refractivity contribution is 0.0652. The summed E-state index contributed by atoms with van der Waals surface area (Å²) >= 11 is 0. The first-order chi connectivity index (χ1) is 7.45. The molecule has 1 aliphatic heterocycles. The second-order valence-electron chi connectivity index (χ2n) is 4.28. The van der Waals surface area contributed by atoms with Gasteiger partial charge in [-0.05, 0) is 17.5 Å². The highest BCUT2D eigenvalue weighted by molar-refractivity contribution is 7.91. The Labute approximate surface area is 95.0 Å². The Morgan fingerprint density at radius 2 is 2.19 bits per heavy atom. The van der Waals surface area contributed by atoms with Crippen LogP contribution in [0.3, 0.4) is 0 Å². The van der Waals surface area contributed by atoms with Gasteiger partial charge in [0.05, 0.1) is 11.5 Å². The largest absolute Gasteiger partial charge is 0.384 e. The van der Waals surface area contributed by atoms with E-state index in [0.717, 1.165) is 5.56 Å². The second kappa shape index (κ2) is 3.84. The van der Waals surface area contributed by atoms with Crippen molar-refractivity contribution in [2.45, 2.75) is 18.6 Å². The van der Waals surface area contributed by atoms with Gasteiger partial charge < -0.3 is 10.8 Å². The van der Waals surface area contributed by atoms with E-state index in [1.54, 1.807) is 18.2 Å². The average molecular weight is 241 g/mol. The Bertz CT molecular complexity index is 498. The predicted octanol–water partition coefficient (Wildman–Crippen LogP) is 0.151. The van der Waals surface area contributed by atoms with E-state index in [4.69, 9.17) is 5.73 Å². The zero-order chi connectivity index (χ0) is 11.8. The first-order valence-corrected chi connectivity index (χ1v) is 7.00. The molecule has 1 saturated heterocycles. The van der Waals surface area contributed by atoms with E-state index in [1.165, 1.54) is 0 Å². The highest BCUT2D eigenvalue weighted by Crippen LogP contribution is 2.33. The molecular formula is C11H15NO3S. The van der Waals surface area contributed by atoms with Gasteiger partial charge in [-0.1, -0.05) is 24.3 Å². The first kappa shape index (κ1) is 11.6. The van der Waals surface area contributed by atoms with Crippen molar-refractivity contribution in [1.29, 1.82) is 0 Å². The number of hydrogen-bond donors (Lipinski definition) is 2. The minimum absolute atomic E-state index is 0.0519. The van der Waals surface area contributed by atoms with Crippen LogP contribution in [0.5, 0.6) is 0 Å². The molecule has 0 radical (unpaired) electrons. The Kier molecular flexibility index (Phi) is 2.77. The summed E-state index contributed by atoms with van der Waals surface area (Å²) in [6, 6.07) is 7.18. The monoisotopic (exact) mass is 241 g/mol. The SMILES string of the molecule is NCc1cccc(C2(O)CCS(=O)(=O)C2)c1. The summed E-state index contributed by atoms with van der Waals surface area (Å²) in [5.74, 6) is -0.135. The fourth-order valence-electron chi connectivity index (χ4n) is 2.05. The van der Waals surface area contributed by atoms with Gasteiger partial charge in [0.2, 0.25) is 0 Å². The van der Waals surface area contributed by atoms with Crippen molar-refractivity contribution < 1.29 is 13.5 Å². The Hall–Kier alpha value is -0.910. The highest BCUT2D eigenvalue weighted by Gasteiger charge is 2.41. The van der Waals surface area contributed by atoms with Crippen LogP contribution in [0.1, 0.15) is 17.5 Å². The molecule has 0 aliphatic carbocycles. The predicted molar refractivity (Wildman–Crippen MR) is 61.5 cm³/mol. The van der Waals surface area contributed by atoms with Crippen molar-refractivity contribution in [3.63, 3.8) is 0 Å². The van der Waals surface area contributed by atoms with Crippen LogP contribution in [0, 0.1) is 0 Å². The average Bonchev–Trinajstić information content (AvgIpc) is 2.55. The third-order valence-electron chi connectivity index (χ3n) is 2.99. The number of aliphatic hydroxyl groups is 1. The summed E-state index contributed by atoms with van der Waals surface area (Å²) in [7, 11) is -3.10. The molecule has 4 nitrogen and oxygen atoms in total. The summed E-state index contributed by atoms with van der Waals surface area (Å²) in [6.45, 7) is 0.386. The van der Waals surface area contributed by atoms with Crippen LogP contribution in [-0.4, -0.2) is 25.0 Å². The molecular weight excluding hydrogens is 226 g/mol. The molecule has 1 unspecified atom stereocenters. The van der Waals surface area contributed by atoms with Gasteiger partial charge in [-0.2, -0.15) is 0 Å². The first-order valence-electron chi connectivity index (χ1n) is 5.17. The maximum atomic E-state index is 11.4. The van der Waals surface area contributed by atoms with Crippen LogP contribution < -0.4 is 5.73 Å². The minimum Gasteiger partial charge on any atom is -0.384 e. The van der Waals surface area contributed by atoms with Crippen LogP contribution >= 0.6 is 0 Å². The van der Waals surface area contributed by atoms with Crippen molar-refractivity contribution in [3.05, 3.63) is 35.4 Å². The standard InChI is InChI=1S/C11H15NO3S/c12-7-9-2-1-3-10(6-9)11(13)4-5-16(14,15)8-11/h1-3,6,13H,4-5,7-8,12H2. The fraction of sp³-hybridized carbons (Fsp3) is 0.455. The summed E-state index contributed by atoms with van der Waals surface area (Å²) in [4.78, 5) is 0. The lowest BCUT2D eigenvalue weighted by Gasteiger charge is -2.21. The van der Waals surface area contributed by atoms with Crippen molar-refractivity contribution in [2.24, 2.45) is 5.73 Å². The molecule has 1 aromatic carbocycles. The number of hydrogen-bond acceptors (Lipinski definition) is 4. The lowest BCUT2D eigenvalue weighted by atomic mass is 9.92. The van der Waals surface area contributed by atoms with Crippen LogP contribution in [-0.2, 0) is 22.0 Å². The summed E-state index contributed by atoms with van der Waals surface area (Å²) in [5.41, 5.74) is 5.83. The number of benzene rings is 1. The van der Waals surface area contributed by atoms with Gasteiger partial charge >= 0.3 is 0 Å². The van der Waals surface area contributed by atoms with Crippen LogP contribution in [0.4, 0.5) is 0 Å². The third kappa shape index (κ3) is 2.11. The topological polar surface area (TPSA) is 80.4 Å². The second-order valence-corrected chi connectivity index (χ2v) is 6.46. The van der Waals surface area contributed by atoms with E-state index in [9.17, 15) is 13.5 Å². The van der Waals surface area contributed by atoms with E-state index in [1.807, 2.05) is 6.07 Å². The van der Waals surface area contributed by atoms with Crippen LogP contribution in [0.25, 0.3) is 0 Å². The van der Waals surface area contributed by atoms with Gasteiger partial charge in [0.1, 0.15) is 5.60 Å². The van der Waals surface area contributed by atoms with E-state index in [-0.39, 0.29) is 17.9 Å². The molecule has 0 bridgehead atoms. The summed E-state index contributed by atoms with van der Waals surface area (Å²) < 4.78 is 22.8. The van der Waals surface area contributed by atoms with Gasteiger partial charge in [-0.15, -0.1) is 0 Å². The molecule has 1 aromatic rings. The molecule has 16 heavy (non-hydrogen) atoms. The summed E-state index contributed by atoms with van der Waals surface area (Å²) in [5, 5.41) is 10.3. The maximum absolute atomic E-state index is 11.4. The van der Waals surface area contributed by atoms with Gasteiger partial charge in [-0.25, -0.2) is 8.42 Å². The normalized spacial score (nSPS) is 28.1. The lowest BCUT2D eigenvalue weighted by Crippen LogP contribution is -2.27. The zero-order valence-electron chi connectivity index (χ0n) is 8.89. The zero-order valence-corrected chi connectivity index (χ0v) is 9.70. The van der Waals surface area contributed by atoms with Gasteiger partial charge in [0, 0.05) is 6.54 Å². The van der Waals surface area contributed by atoms with Gasteiger partial charge in [-0.3, -0.25) is 0 Å². The molecule has 1 heterocycles. The molecule has 3 N–H and O–H groups in total.